The predicted octanol–water partition coefficient (Wildman–Crippen LogP) is 4.97. The van der Waals surface area contributed by atoms with Gasteiger partial charge in [0.15, 0.2) is 0 Å². The molecule has 0 aromatic rings. The summed E-state index contributed by atoms with van der Waals surface area (Å²) in [4.78, 5) is 30.3. The molecule has 8 heteroatoms. The first kappa shape index (κ1) is 53.5. The van der Waals surface area contributed by atoms with Crippen molar-refractivity contribution in [3.63, 3.8) is 0 Å². The average molecular weight is 686 g/mol. The monoisotopic (exact) mass is 684 g/mol. The molecule has 0 rings (SSSR count). The standard InChI is InChI=1S/3C12H24O2.Na.Zn/c3*1-2-3-4-5-6-7-8-9-10-11-12(13)14;;/h3*2-11H2,1H3,(H,13,14);;/q;;;+1;+2/p-3. The molecule has 6 nitrogen and oxygen atoms in total. The summed E-state index contributed by atoms with van der Waals surface area (Å²) in [5.74, 6) is -2.73. The van der Waals surface area contributed by atoms with Crippen LogP contribution in [0.1, 0.15) is 213 Å². The predicted molar refractivity (Wildman–Crippen MR) is 171 cm³/mol. The summed E-state index contributed by atoms with van der Waals surface area (Å²) in [6, 6.07) is 0. The first-order chi connectivity index (χ1) is 20.3. The minimum Gasteiger partial charge on any atom is -0.550 e. The van der Waals surface area contributed by atoms with E-state index in [9.17, 15) is 29.7 Å². The normalized spacial score (nSPS) is 9.89. The summed E-state index contributed by atoms with van der Waals surface area (Å²) in [5.41, 5.74) is 0. The summed E-state index contributed by atoms with van der Waals surface area (Å²) in [6.45, 7) is 6.67. The molecule has 252 valence electrons. The average Bonchev–Trinajstić information content (AvgIpc) is 2.95. The zero-order valence-electron chi connectivity index (χ0n) is 29.9. The fourth-order valence-electron chi connectivity index (χ4n) is 4.74. The Hall–Kier alpha value is 0.0334. The number of carbonyl (C=O) groups excluding carboxylic acids is 3. The van der Waals surface area contributed by atoms with Crippen molar-refractivity contribution < 1.29 is 78.7 Å². The third kappa shape index (κ3) is 64.9. The molecule has 0 bridgehead atoms. The molecule has 0 N–H and O–H groups in total. The van der Waals surface area contributed by atoms with Crippen molar-refractivity contribution in [1.29, 1.82) is 0 Å². The van der Waals surface area contributed by atoms with E-state index in [4.69, 9.17) is 0 Å². The number of aliphatic carboxylic acids is 3. The van der Waals surface area contributed by atoms with Crippen LogP contribution in [0.25, 0.3) is 0 Å². The van der Waals surface area contributed by atoms with Crippen molar-refractivity contribution in [2.75, 3.05) is 0 Å². The minimum absolute atomic E-state index is 0. The van der Waals surface area contributed by atoms with Crippen molar-refractivity contribution >= 4 is 17.9 Å². The van der Waals surface area contributed by atoms with E-state index in [1.54, 1.807) is 0 Å². The Bertz CT molecular complexity index is 487. The molecule has 0 heterocycles. The van der Waals surface area contributed by atoms with E-state index in [1.807, 2.05) is 0 Å². The van der Waals surface area contributed by atoms with E-state index in [-0.39, 0.29) is 68.3 Å². The summed E-state index contributed by atoms with van der Waals surface area (Å²) in [5, 5.41) is 30.3. The maximum absolute atomic E-state index is 10.1. The minimum atomic E-state index is -0.909. The molecule has 0 unspecified atom stereocenters. The zero-order valence-corrected chi connectivity index (χ0v) is 34.8. The quantitative estimate of drug-likeness (QED) is 0.0778. The van der Waals surface area contributed by atoms with Gasteiger partial charge in [0.1, 0.15) is 0 Å². The van der Waals surface area contributed by atoms with Gasteiger partial charge >= 0.3 is 49.0 Å². The number of unbranched alkanes of at least 4 members (excludes halogenated alkanes) is 24. The van der Waals surface area contributed by atoms with E-state index in [0.29, 0.717) is 0 Å². The molecule has 0 radical (unpaired) electrons. The third-order valence-corrected chi connectivity index (χ3v) is 7.45. The maximum atomic E-state index is 10.1. The molecule has 0 aliphatic carbocycles. The number of carbonyl (C=O) groups is 3. The van der Waals surface area contributed by atoms with Crippen LogP contribution in [0.2, 0.25) is 0 Å². The van der Waals surface area contributed by atoms with Gasteiger partial charge in [-0.05, 0) is 38.5 Å². The number of carboxylic acids is 3. The van der Waals surface area contributed by atoms with Crippen LogP contribution in [-0.4, -0.2) is 17.9 Å². The summed E-state index contributed by atoms with van der Waals surface area (Å²) >= 11 is 0. The molecule has 0 saturated heterocycles. The van der Waals surface area contributed by atoms with Crippen LogP contribution in [0, 0.1) is 0 Å². The number of carboxylic acid groups (broad SMARTS) is 3. The fraction of sp³-hybridized carbons (Fsp3) is 0.917. The molecule has 0 spiro atoms. The fourth-order valence-corrected chi connectivity index (χ4v) is 4.74. The van der Waals surface area contributed by atoms with Gasteiger partial charge in [-0.15, -0.1) is 0 Å². The van der Waals surface area contributed by atoms with Gasteiger partial charge in [0, 0.05) is 17.9 Å². The Morgan fingerprint density at radius 2 is 0.455 bits per heavy atom. The van der Waals surface area contributed by atoms with Crippen LogP contribution >= 0.6 is 0 Å². The van der Waals surface area contributed by atoms with Crippen molar-refractivity contribution in [2.24, 2.45) is 0 Å². The van der Waals surface area contributed by atoms with Gasteiger partial charge in [0.25, 0.3) is 0 Å². The zero-order chi connectivity index (χ0) is 31.9. The second-order valence-electron chi connectivity index (χ2n) is 11.9. The molecule has 0 aliphatic heterocycles. The Morgan fingerprint density at radius 3 is 0.591 bits per heavy atom. The van der Waals surface area contributed by atoms with Crippen LogP contribution in [0.4, 0.5) is 0 Å². The van der Waals surface area contributed by atoms with Crippen LogP contribution in [0.15, 0.2) is 0 Å². The van der Waals surface area contributed by atoms with Crippen LogP contribution in [0.5, 0.6) is 0 Å². The molecular weight excluding hydrogens is 617 g/mol. The van der Waals surface area contributed by atoms with Gasteiger partial charge in [0.05, 0.1) is 0 Å². The Kier molecular flexibility index (Phi) is 60.7. The van der Waals surface area contributed by atoms with Crippen molar-refractivity contribution in [3.8, 4) is 0 Å². The van der Waals surface area contributed by atoms with E-state index >= 15 is 0 Å². The van der Waals surface area contributed by atoms with Crippen LogP contribution in [0.3, 0.4) is 0 Å². The van der Waals surface area contributed by atoms with Crippen molar-refractivity contribution in [3.05, 3.63) is 0 Å². The van der Waals surface area contributed by atoms with Crippen LogP contribution < -0.4 is 44.9 Å². The molecule has 0 atom stereocenters. The second-order valence-corrected chi connectivity index (χ2v) is 11.9. The Labute approximate surface area is 308 Å². The Balaban J connectivity index is -0.000000169. The molecule has 0 amide bonds. The van der Waals surface area contributed by atoms with Gasteiger partial charge in [-0.1, -0.05) is 175 Å². The molecule has 44 heavy (non-hydrogen) atoms. The molecule has 0 fully saturated rings. The largest absolute Gasteiger partial charge is 2.00 e. The molecular formula is C36H69NaO6Zn. The first-order valence-electron chi connectivity index (χ1n) is 17.9. The topological polar surface area (TPSA) is 120 Å². The van der Waals surface area contributed by atoms with Gasteiger partial charge in [0.2, 0.25) is 0 Å². The number of hydrogen-bond acceptors (Lipinski definition) is 6. The van der Waals surface area contributed by atoms with E-state index in [1.165, 1.54) is 135 Å². The van der Waals surface area contributed by atoms with Crippen LogP contribution in [-0.2, 0) is 33.9 Å². The smallest absolute Gasteiger partial charge is 0.550 e. The maximum Gasteiger partial charge on any atom is 2.00 e. The Morgan fingerprint density at radius 1 is 0.318 bits per heavy atom. The van der Waals surface area contributed by atoms with E-state index in [2.05, 4.69) is 20.8 Å². The second kappa shape index (κ2) is 49.9. The number of rotatable bonds is 30. The van der Waals surface area contributed by atoms with Gasteiger partial charge < -0.3 is 29.7 Å². The number of hydrogen-bond donors (Lipinski definition) is 0. The molecule has 0 aromatic heterocycles. The van der Waals surface area contributed by atoms with Crippen molar-refractivity contribution in [1.82, 2.24) is 0 Å². The molecule has 0 saturated carbocycles. The molecule has 0 aliphatic rings. The van der Waals surface area contributed by atoms with Crippen molar-refractivity contribution in [2.45, 2.75) is 213 Å². The third-order valence-electron chi connectivity index (χ3n) is 7.45. The first-order valence-corrected chi connectivity index (χ1v) is 17.9. The molecule has 0 aromatic carbocycles. The summed E-state index contributed by atoms with van der Waals surface area (Å²) in [7, 11) is 0. The van der Waals surface area contributed by atoms with Gasteiger partial charge in [-0.25, -0.2) is 0 Å². The van der Waals surface area contributed by atoms with Gasteiger partial charge in [-0.2, -0.15) is 0 Å². The van der Waals surface area contributed by atoms with E-state index in [0.717, 1.165) is 38.5 Å². The summed E-state index contributed by atoms with van der Waals surface area (Å²) < 4.78 is 0. The van der Waals surface area contributed by atoms with Gasteiger partial charge in [-0.3, -0.25) is 0 Å². The van der Waals surface area contributed by atoms with E-state index < -0.39 is 17.9 Å². The SMILES string of the molecule is CCCCCCCCCCCC(=O)[O-].CCCCCCCCCCCC(=O)[O-].CCCCCCCCCCCC(=O)[O-].[Na+].[Zn+2]. The summed E-state index contributed by atoms with van der Waals surface area (Å²) in [6.07, 6.45) is 33.5.